The number of nitrogens with two attached hydrogens (primary N) is 1. The lowest BCUT2D eigenvalue weighted by Gasteiger charge is -2.06. The lowest BCUT2D eigenvalue weighted by atomic mass is 10.2. The highest BCUT2D eigenvalue weighted by Crippen LogP contribution is 2.15. The Bertz CT molecular complexity index is 560. The maximum atomic E-state index is 11.9. The summed E-state index contributed by atoms with van der Waals surface area (Å²) in [6, 6.07) is 13.5. The summed E-state index contributed by atoms with van der Waals surface area (Å²) in [7, 11) is 0. The Morgan fingerprint density at radius 2 is 2.05 bits per heavy atom. The third-order valence-corrected chi connectivity index (χ3v) is 3.70. The van der Waals surface area contributed by atoms with Crippen LogP contribution in [0.5, 0.6) is 0 Å². The fourth-order valence-corrected chi connectivity index (χ4v) is 2.47. The zero-order valence-corrected chi connectivity index (χ0v) is 11.9. The fraction of sp³-hybridized carbons (Fsp3) is 0.200. The Kier molecular flexibility index (Phi) is 5.58. The number of aromatic nitrogens is 1. The molecule has 0 radical (unpaired) electrons. The van der Waals surface area contributed by atoms with Gasteiger partial charge in [-0.3, -0.25) is 9.78 Å². The summed E-state index contributed by atoms with van der Waals surface area (Å²) >= 11 is 1.72. The maximum Gasteiger partial charge on any atom is 0.251 e. The molecule has 0 saturated heterocycles. The molecule has 0 fully saturated rings. The highest BCUT2D eigenvalue weighted by Gasteiger charge is 2.05. The van der Waals surface area contributed by atoms with Crippen LogP contribution in [0.25, 0.3) is 0 Å². The molecule has 1 heterocycles. The number of rotatable bonds is 6. The summed E-state index contributed by atoms with van der Waals surface area (Å²) in [5.41, 5.74) is 6.83. The number of carbonyl (C=O) groups is 1. The molecule has 0 aliphatic heterocycles. The van der Waals surface area contributed by atoms with Crippen LogP contribution in [0.4, 0.5) is 0 Å². The Hall–Kier alpha value is -1.85. The molecule has 0 unspecified atom stereocenters. The third kappa shape index (κ3) is 4.36. The number of hydrogen-bond donors (Lipinski definition) is 2. The quantitative estimate of drug-likeness (QED) is 0.630. The van der Waals surface area contributed by atoms with Gasteiger partial charge >= 0.3 is 0 Å². The van der Waals surface area contributed by atoms with Crippen LogP contribution >= 0.6 is 11.8 Å². The van der Waals surface area contributed by atoms with Crippen LogP contribution in [0.2, 0.25) is 0 Å². The van der Waals surface area contributed by atoms with Crippen molar-refractivity contribution in [2.75, 3.05) is 12.3 Å². The molecular weight excluding hydrogens is 270 g/mol. The molecule has 2 aromatic rings. The Morgan fingerprint density at radius 3 is 2.80 bits per heavy atom. The van der Waals surface area contributed by atoms with Gasteiger partial charge in [-0.25, -0.2) is 0 Å². The van der Waals surface area contributed by atoms with E-state index in [1.54, 1.807) is 30.1 Å². The molecule has 1 aromatic heterocycles. The van der Waals surface area contributed by atoms with E-state index in [1.807, 2.05) is 18.2 Å². The smallest absolute Gasteiger partial charge is 0.251 e. The van der Waals surface area contributed by atoms with Crippen molar-refractivity contribution in [3.05, 3.63) is 59.9 Å². The minimum Gasteiger partial charge on any atom is -0.351 e. The predicted molar refractivity (Wildman–Crippen MR) is 81.6 cm³/mol. The van der Waals surface area contributed by atoms with Crippen molar-refractivity contribution in [2.45, 2.75) is 11.4 Å². The van der Waals surface area contributed by atoms with Crippen molar-refractivity contribution >= 4 is 17.7 Å². The number of amides is 1. The molecule has 1 amide bonds. The molecule has 1 aromatic carbocycles. The minimum absolute atomic E-state index is 0.0873. The first-order chi connectivity index (χ1) is 9.79. The SMILES string of the molecule is NCc1cc(C(=O)NCCSc2ccccc2)ccn1. The summed E-state index contributed by atoms with van der Waals surface area (Å²) < 4.78 is 0. The topological polar surface area (TPSA) is 68.0 Å². The molecule has 0 spiro atoms. The molecule has 0 aliphatic rings. The second kappa shape index (κ2) is 7.67. The number of hydrogen-bond acceptors (Lipinski definition) is 4. The van der Waals surface area contributed by atoms with Crippen molar-refractivity contribution in [3.8, 4) is 0 Å². The summed E-state index contributed by atoms with van der Waals surface area (Å²) in [5, 5.41) is 2.89. The second-order valence-corrected chi connectivity index (χ2v) is 5.33. The van der Waals surface area contributed by atoms with E-state index < -0.39 is 0 Å². The van der Waals surface area contributed by atoms with Crippen LogP contribution in [0, 0.1) is 0 Å². The van der Waals surface area contributed by atoms with Crippen molar-refractivity contribution < 1.29 is 4.79 Å². The average Bonchev–Trinajstić information content (AvgIpc) is 2.52. The minimum atomic E-state index is -0.0873. The van der Waals surface area contributed by atoms with Gasteiger partial charge in [-0.1, -0.05) is 18.2 Å². The fourth-order valence-electron chi connectivity index (χ4n) is 1.68. The largest absolute Gasteiger partial charge is 0.351 e. The maximum absolute atomic E-state index is 11.9. The summed E-state index contributed by atoms with van der Waals surface area (Å²) in [4.78, 5) is 17.2. The summed E-state index contributed by atoms with van der Waals surface area (Å²) in [5.74, 6) is 0.751. The van der Waals surface area contributed by atoms with Crippen LogP contribution in [0.15, 0.2) is 53.6 Å². The number of nitrogens with one attached hydrogen (secondary N) is 1. The normalized spacial score (nSPS) is 10.2. The Morgan fingerprint density at radius 1 is 1.25 bits per heavy atom. The van der Waals surface area contributed by atoms with Gasteiger partial charge in [-0.2, -0.15) is 0 Å². The van der Waals surface area contributed by atoms with Gasteiger partial charge in [0.1, 0.15) is 0 Å². The number of benzene rings is 1. The molecule has 0 saturated carbocycles. The van der Waals surface area contributed by atoms with Crippen molar-refractivity contribution in [1.82, 2.24) is 10.3 Å². The van der Waals surface area contributed by atoms with Gasteiger partial charge in [-0.05, 0) is 24.3 Å². The monoisotopic (exact) mass is 287 g/mol. The molecule has 2 rings (SSSR count). The highest BCUT2D eigenvalue weighted by molar-refractivity contribution is 7.99. The van der Waals surface area contributed by atoms with Gasteiger partial charge in [0.15, 0.2) is 0 Å². The van der Waals surface area contributed by atoms with Gasteiger partial charge in [0, 0.05) is 35.5 Å². The van der Waals surface area contributed by atoms with E-state index in [0.717, 1.165) is 11.4 Å². The molecule has 5 heteroatoms. The molecule has 0 bridgehead atoms. The van der Waals surface area contributed by atoms with E-state index >= 15 is 0 Å². The van der Waals surface area contributed by atoms with Crippen LogP contribution in [0.3, 0.4) is 0 Å². The number of thioether (sulfide) groups is 1. The van der Waals surface area contributed by atoms with Crippen molar-refractivity contribution in [2.24, 2.45) is 5.73 Å². The van der Waals surface area contributed by atoms with Gasteiger partial charge < -0.3 is 11.1 Å². The van der Waals surface area contributed by atoms with E-state index in [-0.39, 0.29) is 5.91 Å². The van der Waals surface area contributed by atoms with Crippen LogP contribution in [-0.4, -0.2) is 23.2 Å². The standard InChI is InChI=1S/C15H17N3OS/c16-11-13-10-12(6-7-17-13)15(19)18-8-9-20-14-4-2-1-3-5-14/h1-7,10H,8-9,11,16H2,(H,18,19). The second-order valence-electron chi connectivity index (χ2n) is 4.16. The molecule has 0 atom stereocenters. The Labute approximate surface area is 122 Å². The average molecular weight is 287 g/mol. The van der Waals surface area contributed by atoms with Crippen LogP contribution in [-0.2, 0) is 6.54 Å². The Balaban J connectivity index is 1.77. The summed E-state index contributed by atoms with van der Waals surface area (Å²) in [6.07, 6.45) is 1.61. The zero-order chi connectivity index (χ0) is 14.2. The predicted octanol–water partition coefficient (Wildman–Crippen LogP) is 2.06. The van der Waals surface area contributed by atoms with Gasteiger partial charge in [0.05, 0.1) is 5.69 Å². The van der Waals surface area contributed by atoms with E-state index in [0.29, 0.717) is 18.7 Å². The van der Waals surface area contributed by atoms with Crippen molar-refractivity contribution in [3.63, 3.8) is 0 Å². The van der Waals surface area contributed by atoms with E-state index in [1.165, 1.54) is 4.90 Å². The lowest BCUT2D eigenvalue weighted by Crippen LogP contribution is -2.26. The third-order valence-electron chi connectivity index (χ3n) is 2.69. The molecule has 0 aliphatic carbocycles. The molecule has 3 N–H and O–H groups in total. The number of pyridine rings is 1. The molecular formula is C15H17N3OS. The highest BCUT2D eigenvalue weighted by atomic mass is 32.2. The van der Waals surface area contributed by atoms with Crippen LogP contribution < -0.4 is 11.1 Å². The first-order valence-electron chi connectivity index (χ1n) is 6.40. The van der Waals surface area contributed by atoms with E-state index in [9.17, 15) is 4.79 Å². The number of carbonyl (C=O) groups excluding carboxylic acids is 1. The lowest BCUT2D eigenvalue weighted by molar-refractivity contribution is 0.0956. The summed E-state index contributed by atoms with van der Waals surface area (Å²) in [6.45, 7) is 0.962. The zero-order valence-electron chi connectivity index (χ0n) is 11.1. The van der Waals surface area contributed by atoms with E-state index in [4.69, 9.17) is 5.73 Å². The van der Waals surface area contributed by atoms with Gasteiger partial charge in [-0.15, -0.1) is 11.8 Å². The molecule has 20 heavy (non-hydrogen) atoms. The van der Waals surface area contributed by atoms with Crippen molar-refractivity contribution in [1.29, 1.82) is 0 Å². The van der Waals surface area contributed by atoms with Gasteiger partial charge in [0.2, 0.25) is 0 Å². The first-order valence-corrected chi connectivity index (χ1v) is 7.39. The molecule has 4 nitrogen and oxygen atoms in total. The van der Waals surface area contributed by atoms with Gasteiger partial charge in [0.25, 0.3) is 5.91 Å². The number of nitrogens with zero attached hydrogens (tertiary/aromatic N) is 1. The van der Waals surface area contributed by atoms with E-state index in [2.05, 4.69) is 22.4 Å². The molecule has 104 valence electrons. The first kappa shape index (κ1) is 14.6. The van der Waals surface area contributed by atoms with Crippen LogP contribution in [0.1, 0.15) is 16.1 Å².